The van der Waals surface area contributed by atoms with Crippen LogP contribution in [0.2, 0.25) is 0 Å². The van der Waals surface area contributed by atoms with Crippen molar-refractivity contribution in [2.24, 2.45) is 0 Å². The summed E-state index contributed by atoms with van der Waals surface area (Å²) in [6.45, 7) is 3.14. The Morgan fingerprint density at radius 2 is 1.29 bits per heavy atom. The molecule has 3 nitrogen and oxygen atoms in total. The minimum atomic E-state index is 0.959. The van der Waals surface area contributed by atoms with Crippen LogP contribution < -0.4 is 14.4 Å². The standard InChI is InChI=1S/C31H34N3/c1-6-34-23-22-24(30-11-7-8-13-31(30)34)10-9-12-29(25-14-18-27(19-15-25)32(2)3)26-16-20-28(21-17-26)33(4)5/h7-23H,6H2,1-5H3/q+1. The summed E-state index contributed by atoms with van der Waals surface area (Å²) < 4.78 is 2.28. The lowest BCUT2D eigenvalue weighted by Crippen LogP contribution is -2.32. The number of anilines is 2. The predicted octanol–water partition coefficient (Wildman–Crippen LogP) is 6.42. The van der Waals surface area contributed by atoms with Crippen molar-refractivity contribution >= 4 is 33.9 Å². The van der Waals surface area contributed by atoms with Crippen molar-refractivity contribution in [2.45, 2.75) is 13.5 Å². The van der Waals surface area contributed by atoms with Gasteiger partial charge in [0.15, 0.2) is 6.20 Å². The molecule has 3 aromatic carbocycles. The van der Waals surface area contributed by atoms with Gasteiger partial charge in [-0.25, -0.2) is 0 Å². The van der Waals surface area contributed by atoms with Crippen molar-refractivity contribution in [3.8, 4) is 0 Å². The number of benzene rings is 3. The third-order valence-corrected chi connectivity index (χ3v) is 6.23. The SMILES string of the molecule is CC[n+]1ccc(/C=C/C=C(c2ccc(N(C)C)cc2)c2ccc(N(C)C)cc2)c2ccccc21. The molecule has 0 bridgehead atoms. The zero-order valence-electron chi connectivity index (χ0n) is 20.9. The van der Waals surface area contributed by atoms with Gasteiger partial charge >= 0.3 is 0 Å². The van der Waals surface area contributed by atoms with E-state index in [1.165, 1.54) is 44.5 Å². The largest absolute Gasteiger partial charge is 0.378 e. The predicted molar refractivity (Wildman–Crippen MR) is 147 cm³/mol. The first kappa shape index (κ1) is 23.3. The fraction of sp³-hybridized carbons (Fsp3) is 0.194. The Bertz CT molecular complexity index is 1260. The van der Waals surface area contributed by atoms with E-state index >= 15 is 0 Å². The van der Waals surface area contributed by atoms with Crippen molar-refractivity contribution in [1.82, 2.24) is 0 Å². The van der Waals surface area contributed by atoms with E-state index in [1.54, 1.807) is 0 Å². The highest BCUT2D eigenvalue weighted by Gasteiger charge is 2.09. The van der Waals surface area contributed by atoms with Gasteiger partial charge in [-0.15, -0.1) is 0 Å². The number of hydrogen-bond donors (Lipinski definition) is 0. The van der Waals surface area contributed by atoms with Gasteiger partial charge in [0.25, 0.3) is 0 Å². The molecule has 0 unspecified atom stereocenters. The molecule has 0 saturated heterocycles. The van der Waals surface area contributed by atoms with Crippen molar-refractivity contribution in [3.63, 3.8) is 0 Å². The number of para-hydroxylation sites is 1. The maximum atomic E-state index is 2.28. The first-order valence-electron chi connectivity index (χ1n) is 11.8. The fourth-order valence-corrected chi connectivity index (χ4v) is 4.22. The Kier molecular flexibility index (Phi) is 7.12. The number of fused-ring (bicyclic) bond motifs is 1. The van der Waals surface area contributed by atoms with Gasteiger partial charge in [-0.2, -0.15) is 4.57 Å². The topological polar surface area (TPSA) is 10.4 Å². The van der Waals surface area contributed by atoms with Gasteiger partial charge in [0, 0.05) is 51.7 Å². The molecule has 34 heavy (non-hydrogen) atoms. The Balaban J connectivity index is 1.75. The van der Waals surface area contributed by atoms with Crippen molar-refractivity contribution in [3.05, 3.63) is 114 Å². The van der Waals surface area contributed by atoms with Crippen LogP contribution in [-0.2, 0) is 6.54 Å². The van der Waals surface area contributed by atoms with Gasteiger partial charge < -0.3 is 9.80 Å². The molecule has 0 amide bonds. The fourth-order valence-electron chi connectivity index (χ4n) is 4.22. The smallest absolute Gasteiger partial charge is 0.213 e. The number of pyridine rings is 1. The highest BCUT2D eigenvalue weighted by molar-refractivity contribution is 5.87. The summed E-state index contributed by atoms with van der Waals surface area (Å²) >= 11 is 0. The molecule has 4 aromatic rings. The van der Waals surface area contributed by atoms with Crippen LogP contribution in [0.5, 0.6) is 0 Å². The van der Waals surface area contributed by atoms with E-state index in [-0.39, 0.29) is 0 Å². The molecule has 3 heteroatoms. The second-order valence-corrected chi connectivity index (χ2v) is 8.90. The summed E-state index contributed by atoms with van der Waals surface area (Å²) in [7, 11) is 8.28. The van der Waals surface area contributed by atoms with Gasteiger partial charge in [-0.05, 0) is 59.5 Å². The number of rotatable bonds is 7. The lowest BCUT2D eigenvalue weighted by Gasteiger charge is -2.16. The Hall–Kier alpha value is -3.85. The Morgan fingerprint density at radius 1 is 0.735 bits per heavy atom. The van der Waals surface area contributed by atoms with E-state index in [0.717, 1.165) is 6.54 Å². The van der Waals surface area contributed by atoms with Crippen molar-refractivity contribution in [1.29, 1.82) is 0 Å². The third-order valence-electron chi connectivity index (χ3n) is 6.23. The third kappa shape index (κ3) is 5.04. The van der Waals surface area contributed by atoms with Crippen LogP contribution in [0, 0.1) is 0 Å². The molecule has 0 aliphatic heterocycles. The highest BCUT2D eigenvalue weighted by atomic mass is 15.1. The van der Waals surface area contributed by atoms with Gasteiger partial charge in [0.05, 0.1) is 5.39 Å². The van der Waals surface area contributed by atoms with Crippen LogP contribution in [0.3, 0.4) is 0 Å². The zero-order valence-corrected chi connectivity index (χ0v) is 20.9. The van der Waals surface area contributed by atoms with Crippen molar-refractivity contribution < 1.29 is 4.57 Å². The molecule has 0 aliphatic carbocycles. The molecule has 4 rings (SSSR count). The average molecular weight is 449 g/mol. The van der Waals surface area contributed by atoms with Gasteiger partial charge in [0.1, 0.15) is 6.54 Å². The molecule has 0 N–H and O–H groups in total. The Labute approximate surface area is 203 Å². The number of aryl methyl sites for hydroxylation is 1. The number of allylic oxidation sites excluding steroid dienone is 2. The molecule has 0 radical (unpaired) electrons. The number of aromatic nitrogens is 1. The molecule has 1 heterocycles. The summed E-state index contributed by atoms with van der Waals surface area (Å²) in [6, 6.07) is 28.3. The van der Waals surface area contributed by atoms with Crippen LogP contribution in [0.1, 0.15) is 23.6 Å². The lowest BCUT2D eigenvalue weighted by atomic mass is 9.96. The molecule has 0 spiro atoms. The lowest BCUT2D eigenvalue weighted by molar-refractivity contribution is -0.667. The van der Waals surface area contributed by atoms with E-state index in [0.29, 0.717) is 0 Å². The molecule has 172 valence electrons. The monoisotopic (exact) mass is 448 g/mol. The number of hydrogen-bond acceptors (Lipinski definition) is 2. The molecule has 1 aromatic heterocycles. The maximum absolute atomic E-state index is 2.28. The summed E-state index contributed by atoms with van der Waals surface area (Å²) in [5.41, 5.74) is 8.49. The van der Waals surface area contributed by atoms with Crippen LogP contribution in [0.25, 0.3) is 22.6 Å². The molecular formula is C31H34N3+. The van der Waals surface area contributed by atoms with Gasteiger partial charge in [-0.3, -0.25) is 0 Å². The van der Waals surface area contributed by atoms with Crippen LogP contribution in [0.15, 0.2) is 97.2 Å². The summed E-state index contributed by atoms with van der Waals surface area (Å²) in [5, 5.41) is 1.27. The quantitative estimate of drug-likeness (QED) is 0.238. The minimum absolute atomic E-state index is 0.959. The van der Waals surface area contributed by atoms with Crippen LogP contribution >= 0.6 is 0 Å². The molecule has 0 atom stereocenters. The van der Waals surface area contributed by atoms with Gasteiger partial charge in [-0.1, -0.05) is 54.6 Å². The van der Waals surface area contributed by atoms with E-state index in [9.17, 15) is 0 Å². The van der Waals surface area contributed by atoms with E-state index in [4.69, 9.17) is 0 Å². The van der Waals surface area contributed by atoms with Crippen LogP contribution in [-0.4, -0.2) is 28.2 Å². The van der Waals surface area contributed by atoms with Gasteiger partial charge in [0.2, 0.25) is 5.52 Å². The summed E-state index contributed by atoms with van der Waals surface area (Å²) in [6.07, 6.45) is 8.79. The number of nitrogens with zero attached hydrogens (tertiary/aromatic N) is 3. The van der Waals surface area contributed by atoms with E-state index in [1.807, 2.05) is 0 Å². The highest BCUT2D eigenvalue weighted by Crippen LogP contribution is 2.27. The Morgan fingerprint density at radius 3 is 1.82 bits per heavy atom. The normalized spacial score (nSPS) is 11.1. The second-order valence-electron chi connectivity index (χ2n) is 8.90. The van der Waals surface area contributed by atoms with Crippen molar-refractivity contribution in [2.75, 3.05) is 38.0 Å². The van der Waals surface area contributed by atoms with E-state index in [2.05, 4.69) is 153 Å². The second kappa shape index (κ2) is 10.4. The zero-order chi connectivity index (χ0) is 24.1. The summed E-state index contributed by atoms with van der Waals surface area (Å²) in [5.74, 6) is 0. The maximum Gasteiger partial charge on any atom is 0.213 e. The molecule has 0 fully saturated rings. The molecule has 0 aliphatic rings. The first-order chi connectivity index (χ1) is 16.5. The molecular weight excluding hydrogens is 414 g/mol. The first-order valence-corrected chi connectivity index (χ1v) is 11.8. The van der Waals surface area contributed by atoms with Crippen LogP contribution in [0.4, 0.5) is 11.4 Å². The summed E-state index contributed by atoms with van der Waals surface area (Å²) in [4.78, 5) is 4.25. The van der Waals surface area contributed by atoms with E-state index < -0.39 is 0 Å². The minimum Gasteiger partial charge on any atom is -0.378 e. The average Bonchev–Trinajstić information content (AvgIpc) is 2.87. The molecule has 0 saturated carbocycles.